The van der Waals surface area contributed by atoms with Crippen molar-refractivity contribution in [3.05, 3.63) is 45.6 Å². The summed E-state index contributed by atoms with van der Waals surface area (Å²) < 4.78 is 0. The molecule has 0 aliphatic heterocycles. The van der Waals surface area contributed by atoms with Gasteiger partial charge in [-0.15, -0.1) is 0 Å². The Hall–Kier alpha value is -1.89. The minimum Gasteiger partial charge on any atom is -0.331 e. The number of halogens is 2. The summed E-state index contributed by atoms with van der Waals surface area (Å²) in [7, 11) is 0. The van der Waals surface area contributed by atoms with Gasteiger partial charge in [0.05, 0.1) is 0 Å². The number of nitrogens with zero attached hydrogens (tertiary/aromatic N) is 2. The largest absolute Gasteiger partial charge is 0.331 e. The molecule has 0 saturated carbocycles. The van der Waals surface area contributed by atoms with Crippen LogP contribution in [-0.2, 0) is 11.2 Å². The summed E-state index contributed by atoms with van der Waals surface area (Å²) in [5, 5.41) is 12.4. The minimum absolute atomic E-state index is 0.244. The van der Waals surface area contributed by atoms with Crippen LogP contribution in [0.5, 0.6) is 0 Å². The molecule has 1 amide bonds. The quantitative estimate of drug-likeness (QED) is 0.253. The van der Waals surface area contributed by atoms with E-state index in [0.717, 1.165) is 5.56 Å². The fourth-order valence-corrected chi connectivity index (χ4v) is 2.10. The van der Waals surface area contributed by atoms with Crippen LogP contribution in [0, 0.1) is 0 Å². The fraction of sp³-hybridized carbons (Fsp3) is 0.214. The molecule has 22 heavy (non-hydrogen) atoms. The van der Waals surface area contributed by atoms with Crippen LogP contribution < -0.4 is 10.8 Å². The first-order valence-electron chi connectivity index (χ1n) is 6.31. The van der Waals surface area contributed by atoms with E-state index in [9.17, 15) is 4.79 Å². The maximum atomic E-state index is 11.1. The molecule has 0 spiro atoms. The van der Waals surface area contributed by atoms with Gasteiger partial charge in [-0.1, -0.05) is 29.3 Å². The zero-order valence-electron chi connectivity index (χ0n) is 11.9. The highest BCUT2D eigenvalue weighted by Gasteiger charge is 2.05. The lowest BCUT2D eigenvalue weighted by Gasteiger charge is -2.06. The molecule has 0 bridgehead atoms. The van der Waals surface area contributed by atoms with Crippen LogP contribution in [0.25, 0.3) is 0 Å². The van der Waals surface area contributed by atoms with E-state index in [0.29, 0.717) is 23.0 Å². The number of carbonyl (C=O) groups excluding carboxylic acids is 1. The molecule has 3 N–H and O–H groups in total. The molecule has 0 atom stereocenters. The second-order valence-corrected chi connectivity index (χ2v) is 5.04. The minimum atomic E-state index is -0.626. The molecule has 1 aromatic rings. The van der Waals surface area contributed by atoms with Gasteiger partial charge in [0.25, 0.3) is 5.91 Å². The number of hydrogen-bond acceptors (Lipinski definition) is 3. The number of carbonyl (C=O) groups is 1. The molecule has 1 aromatic carbocycles. The van der Waals surface area contributed by atoms with Gasteiger partial charge >= 0.3 is 0 Å². The predicted molar refractivity (Wildman–Crippen MR) is 88.8 cm³/mol. The van der Waals surface area contributed by atoms with E-state index < -0.39 is 5.91 Å². The number of rotatable bonds is 5. The third-order valence-corrected chi connectivity index (χ3v) is 3.42. The highest BCUT2D eigenvalue weighted by atomic mass is 35.5. The van der Waals surface area contributed by atoms with Crippen molar-refractivity contribution >= 4 is 41.8 Å². The molecule has 0 aliphatic carbocycles. The summed E-state index contributed by atoms with van der Waals surface area (Å²) in [4.78, 5) is 19.0. The lowest BCUT2D eigenvalue weighted by molar-refractivity contribution is -0.125. The Balaban J connectivity index is 2.67. The van der Waals surface area contributed by atoms with Crippen LogP contribution in [0.15, 0.2) is 40.0 Å². The van der Waals surface area contributed by atoms with E-state index in [1.807, 2.05) is 0 Å². The first-order valence-corrected chi connectivity index (χ1v) is 7.07. The molecule has 0 aliphatic rings. The van der Waals surface area contributed by atoms with Gasteiger partial charge in [-0.3, -0.25) is 15.0 Å². The van der Waals surface area contributed by atoms with Crippen molar-refractivity contribution in [2.75, 3.05) is 6.54 Å². The van der Waals surface area contributed by atoms with Crippen molar-refractivity contribution < 1.29 is 10.0 Å². The average Bonchev–Trinajstić information content (AvgIpc) is 2.51. The molecule has 0 fully saturated rings. The maximum absolute atomic E-state index is 11.1. The highest BCUT2D eigenvalue weighted by molar-refractivity contribution is 6.36. The summed E-state index contributed by atoms with van der Waals surface area (Å²) in [5.41, 5.74) is 2.59. The van der Waals surface area contributed by atoms with Crippen LogP contribution in [0.1, 0.15) is 12.5 Å². The van der Waals surface area contributed by atoms with Gasteiger partial charge in [0, 0.05) is 28.4 Å². The molecule has 6 nitrogen and oxygen atoms in total. The molecule has 0 radical (unpaired) electrons. The van der Waals surface area contributed by atoms with E-state index in [1.165, 1.54) is 18.6 Å². The summed E-state index contributed by atoms with van der Waals surface area (Å²) in [6.45, 7) is 5.30. The third-order valence-electron chi connectivity index (χ3n) is 2.71. The van der Waals surface area contributed by atoms with E-state index in [4.69, 9.17) is 28.4 Å². The molecule has 8 heteroatoms. The Labute approximate surface area is 138 Å². The van der Waals surface area contributed by atoms with Crippen molar-refractivity contribution in [1.82, 2.24) is 10.8 Å². The van der Waals surface area contributed by atoms with E-state index in [2.05, 4.69) is 22.0 Å². The molecular formula is C14H16Cl2N4O2. The number of aliphatic imine (C=N–C) groups is 2. The zero-order chi connectivity index (χ0) is 16.5. The molecular weight excluding hydrogens is 327 g/mol. The molecule has 118 valence electrons. The van der Waals surface area contributed by atoms with Crippen molar-refractivity contribution in [1.29, 1.82) is 0 Å². The lowest BCUT2D eigenvalue weighted by Crippen LogP contribution is -2.23. The van der Waals surface area contributed by atoms with Gasteiger partial charge in [0.15, 0.2) is 0 Å². The van der Waals surface area contributed by atoms with Gasteiger partial charge in [0.1, 0.15) is 0 Å². The Kier molecular flexibility index (Phi) is 7.59. The summed E-state index contributed by atoms with van der Waals surface area (Å²) in [5.74, 6) is -0.382. The van der Waals surface area contributed by atoms with Crippen LogP contribution in [0.2, 0.25) is 10.0 Å². The van der Waals surface area contributed by atoms with Crippen LogP contribution in [-0.4, -0.2) is 30.3 Å². The summed E-state index contributed by atoms with van der Waals surface area (Å²) >= 11 is 12.1. The van der Waals surface area contributed by atoms with Crippen LogP contribution in [0.3, 0.4) is 0 Å². The van der Waals surface area contributed by atoms with Gasteiger partial charge < -0.3 is 5.32 Å². The molecule has 0 saturated heterocycles. The molecule has 0 unspecified atom stereocenters. The number of guanidine groups is 1. The summed E-state index contributed by atoms with van der Waals surface area (Å²) in [6.07, 6.45) is 1.90. The normalized spacial score (nSPS) is 12.0. The van der Waals surface area contributed by atoms with Crippen LogP contribution in [0.4, 0.5) is 0 Å². The number of hydrogen-bond donors (Lipinski definition) is 3. The Morgan fingerprint density at radius 3 is 2.59 bits per heavy atom. The Bertz CT molecular complexity index is 595. The van der Waals surface area contributed by atoms with Crippen molar-refractivity contribution in [3.63, 3.8) is 0 Å². The predicted octanol–water partition coefficient (Wildman–Crippen LogP) is 2.59. The van der Waals surface area contributed by atoms with Gasteiger partial charge in [0.2, 0.25) is 5.96 Å². The maximum Gasteiger partial charge on any atom is 0.271 e. The monoisotopic (exact) mass is 342 g/mol. The second kappa shape index (κ2) is 9.19. The first kappa shape index (κ1) is 18.2. The van der Waals surface area contributed by atoms with Crippen molar-refractivity contribution in [3.8, 4) is 0 Å². The number of hydroxylamine groups is 1. The van der Waals surface area contributed by atoms with Gasteiger partial charge in [-0.05, 0) is 37.8 Å². The molecule has 1 rings (SSSR count). The molecule has 0 heterocycles. The SMILES string of the molecule is C=NC(=NCCc1c(Cl)cccc1Cl)N/C=C(\C)C(=O)NO. The smallest absolute Gasteiger partial charge is 0.271 e. The standard InChI is InChI=1S/C14H16Cl2N4O2/c1-9(13(21)20-22)8-19-14(17-2)18-7-6-10-11(15)4-3-5-12(10)16/h3-5,8,22H,2,6-7H2,1H3,(H,18,19)(H,20,21)/b9-8+. The van der Waals surface area contributed by atoms with E-state index in [1.54, 1.807) is 18.2 Å². The average molecular weight is 343 g/mol. The second-order valence-electron chi connectivity index (χ2n) is 4.23. The Morgan fingerprint density at radius 1 is 1.41 bits per heavy atom. The van der Waals surface area contributed by atoms with Crippen LogP contribution >= 0.6 is 23.2 Å². The van der Waals surface area contributed by atoms with E-state index >= 15 is 0 Å². The topological polar surface area (TPSA) is 86.1 Å². The van der Waals surface area contributed by atoms with Crippen molar-refractivity contribution in [2.24, 2.45) is 9.98 Å². The third kappa shape index (κ3) is 5.48. The molecule has 0 aromatic heterocycles. The first-order chi connectivity index (χ1) is 10.5. The highest BCUT2D eigenvalue weighted by Crippen LogP contribution is 2.24. The van der Waals surface area contributed by atoms with Crippen molar-refractivity contribution in [2.45, 2.75) is 13.3 Å². The van der Waals surface area contributed by atoms with E-state index in [-0.39, 0.29) is 11.5 Å². The van der Waals surface area contributed by atoms with Gasteiger partial charge in [-0.2, -0.15) is 0 Å². The number of benzene rings is 1. The summed E-state index contributed by atoms with van der Waals surface area (Å²) in [6, 6.07) is 5.30. The lowest BCUT2D eigenvalue weighted by atomic mass is 10.1. The zero-order valence-corrected chi connectivity index (χ0v) is 13.4. The van der Waals surface area contributed by atoms with Gasteiger partial charge in [-0.25, -0.2) is 10.5 Å². The number of amides is 1. The number of nitrogens with one attached hydrogen (secondary N) is 2. The Morgan fingerprint density at radius 2 is 2.05 bits per heavy atom. The fourth-order valence-electron chi connectivity index (χ4n) is 1.51.